The number of alkyl carbamates (subject to hydrolysis) is 1. The zero-order valence-corrected chi connectivity index (χ0v) is 51.3. The van der Waals surface area contributed by atoms with Crippen molar-refractivity contribution in [3.63, 3.8) is 0 Å². The van der Waals surface area contributed by atoms with Crippen molar-refractivity contribution in [1.29, 1.82) is 0 Å². The zero-order chi connectivity index (χ0) is 67.4. The van der Waals surface area contributed by atoms with Gasteiger partial charge in [0.05, 0.1) is 42.0 Å². The number of fused-ring (bicyclic) bond motifs is 3. The Kier molecular flexibility index (Phi) is 22.7. The molecule has 496 valence electrons. The van der Waals surface area contributed by atoms with E-state index >= 15 is 0 Å². The number of nitrogens with zero attached hydrogens (tertiary/aromatic N) is 1. The Morgan fingerprint density at radius 3 is 2.03 bits per heavy atom. The number of aliphatic hydroxyl groups is 3. The molecule has 13 N–H and O–H groups in total. The topological polar surface area (TPSA) is 437 Å². The molecule has 4 aromatic rings. The molecule has 2 aliphatic carbocycles. The number of unbranched alkanes of at least 4 members (excludes halogenated alkanes) is 2. The molecule has 1 saturated heterocycles. The SMILES string of the molecule is COc1cccc2c1C(=O)c1c(O)c3c(c(O)c1C2=O)C[C@@](O)(C(=O)CO)C[C@@H]3O[C@H]1C[C@@H](NC(=O)OCc2ccc(NC(=O)OCc3ccc(NC(=O)[C@H](CCCNC(N)=O)NC(=O)[C@@H](NC(=O)CCCCCN4C(=O)C=CC4=O)C(C)C)cc3)cc2)[C@H](O)[C@@H](C)O1. The summed E-state index contributed by atoms with van der Waals surface area (Å²) in [5.74, 6) is -7.11. The van der Waals surface area contributed by atoms with Crippen LogP contribution in [0.4, 0.5) is 25.8 Å². The number of aromatic hydroxyl groups is 2. The van der Waals surface area contributed by atoms with Gasteiger partial charge in [-0.3, -0.25) is 48.6 Å². The van der Waals surface area contributed by atoms with Crippen molar-refractivity contribution < 1.29 is 102 Å². The van der Waals surface area contributed by atoms with Gasteiger partial charge in [0.1, 0.15) is 60.9 Å². The fraction of sp³-hybridized carbons (Fsp3) is 0.422. The van der Waals surface area contributed by atoms with Gasteiger partial charge in [-0.05, 0) is 80.0 Å². The maximum Gasteiger partial charge on any atom is 0.411 e. The van der Waals surface area contributed by atoms with Crippen LogP contribution in [-0.4, -0.2) is 165 Å². The Morgan fingerprint density at radius 1 is 0.774 bits per heavy atom. The lowest BCUT2D eigenvalue weighted by atomic mass is 9.72. The van der Waals surface area contributed by atoms with E-state index in [4.69, 9.17) is 29.4 Å². The van der Waals surface area contributed by atoms with Gasteiger partial charge < -0.3 is 81.5 Å². The lowest BCUT2D eigenvalue weighted by molar-refractivity contribution is -0.249. The summed E-state index contributed by atoms with van der Waals surface area (Å²) < 4.78 is 28.4. The average molecular weight is 1290 g/mol. The molecule has 9 amide bonds. The van der Waals surface area contributed by atoms with Crippen LogP contribution in [0.1, 0.15) is 132 Å². The predicted octanol–water partition coefficient (Wildman–Crippen LogP) is 3.22. The monoisotopic (exact) mass is 1290 g/mol. The number of primary amides is 1. The Balaban J connectivity index is 0.803. The predicted molar refractivity (Wildman–Crippen MR) is 326 cm³/mol. The van der Waals surface area contributed by atoms with Gasteiger partial charge in [0, 0.05) is 79.0 Å². The van der Waals surface area contributed by atoms with Crippen LogP contribution < -0.4 is 42.4 Å². The number of phenols is 2. The van der Waals surface area contributed by atoms with Gasteiger partial charge in [0.15, 0.2) is 17.9 Å². The molecular weight excluding hydrogens is 1220 g/mol. The minimum Gasteiger partial charge on any atom is -0.507 e. The number of Topliss-reactive ketones (excluding diaryl/α,β-unsaturated/α-hetero) is 1. The smallest absolute Gasteiger partial charge is 0.411 e. The van der Waals surface area contributed by atoms with E-state index in [1.54, 1.807) is 50.2 Å². The first kappa shape index (κ1) is 69.1. The second-order valence-electron chi connectivity index (χ2n) is 23.2. The van der Waals surface area contributed by atoms with E-state index in [0.29, 0.717) is 41.8 Å². The number of ketones is 3. The van der Waals surface area contributed by atoms with Crippen molar-refractivity contribution in [2.24, 2.45) is 11.7 Å². The minimum absolute atomic E-state index is 0.0207. The average Bonchev–Trinajstić information content (AvgIpc) is 0.917. The molecular formula is C64H74N8O21. The highest BCUT2D eigenvalue weighted by Crippen LogP contribution is 2.52. The molecule has 4 aliphatic rings. The summed E-state index contributed by atoms with van der Waals surface area (Å²) in [4.78, 5) is 143. The van der Waals surface area contributed by atoms with Crippen LogP contribution in [0.15, 0.2) is 78.9 Å². The molecule has 0 bridgehead atoms. The van der Waals surface area contributed by atoms with E-state index in [1.807, 2.05) is 0 Å². The molecule has 0 aromatic heterocycles. The van der Waals surface area contributed by atoms with Crippen molar-refractivity contribution in [2.45, 2.75) is 140 Å². The van der Waals surface area contributed by atoms with Crippen molar-refractivity contribution in [3.05, 3.63) is 123 Å². The van der Waals surface area contributed by atoms with Crippen LogP contribution in [0.2, 0.25) is 0 Å². The number of urea groups is 1. The minimum atomic E-state index is -2.42. The number of hydrogen-bond donors (Lipinski definition) is 12. The summed E-state index contributed by atoms with van der Waals surface area (Å²) in [6, 6.07) is 12.7. The molecule has 1 fully saturated rings. The van der Waals surface area contributed by atoms with Crippen LogP contribution in [0.3, 0.4) is 0 Å². The first-order valence-corrected chi connectivity index (χ1v) is 30.1. The van der Waals surface area contributed by atoms with Crippen LogP contribution >= 0.6 is 0 Å². The molecule has 2 aliphatic heterocycles. The molecule has 4 aromatic carbocycles. The normalized spacial score (nSPS) is 20.3. The molecule has 0 saturated carbocycles. The van der Waals surface area contributed by atoms with E-state index in [9.17, 15) is 78.3 Å². The second kappa shape index (κ2) is 30.5. The Hall–Kier alpha value is -9.81. The molecule has 93 heavy (non-hydrogen) atoms. The quantitative estimate of drug-likeness (QED) is 0.0204. The fourth-order valence-corrected chi connectivity index (χ4v) is 11.3. The van der Waals surface area contributed by atoms with Crippen LogP contribution in [0.5, 0.6) is 17.2 Å². The molecule has 29 heteroatoms. The van der Waals surface area contributed by atoms with E-state index in [1.165, 1.54) is 56.5 Å². The van der Waals surface area contributed by atoms with E-state index in [-0.39, 0.29) is 97.7 Å². The largest absolute Gasteiger partial charge is 0.507 e. The molecule has 0 unspecified atom stereocenters. The Bertz CT molecular complexity index is 3560. The van der Waals surface area contributed by atoms with Gasteiger partial charge in [-0.15, -0.1) is 0 Å². The third-order valence-electron chi connectivity index (χ3n) is 16.3. The number of carbonyl (C=O) groups is 11. The number of hydrogen-bond acceptors (Lipinski definition) is 21. The lowest BCUT2D eigenvalue weighted by Gasteiger charge is -2.42. The summed E-state index contributed by atoms with van der Waals surface area (Å²) in [5.41, 5.74) is 2.45. The third-order valence-corrected chi connectivity index (χ3v) is 16.3. The molecule has 8 rings (SSSR count). The zero-order valence-electron chi connectivity index (χ0n) is 51.3. The van der Waals surface area contributed by atoms with Gasteiger partial charge >= 0.3 is 18.2 Å². The number of benzene rings is 4. The van der Waals surface area contributed by atoms with E-state index in [0.717, 1.165) is 4.90 Å². The highest BCUT2D eigenvalue weighted by molar-refractivity contribution is 6.31. The molecule has 0 spiro atoms. The van der Waals surface area contributed by atoms with E-state index < -0.39 is 144 Å². The highest BCUT2D eigenvalue weighted by Gasteiger charge is 2.51. The van der Waals surface area contributed by atoms with Crippen LogP contribution in [-0.2, 0) is 67.3 Å². The maximum atomic E-state index is 14.1. The first-order chi connectivity index (χ1) is 44.3. The van der Waals surface area contributed by atoms with Crippen molar-refractivity contribution >= 4 is 76.5 Å². The summed E-state index contributed by atoms with van der Waals surface area (Å²) in [6.45, 7) is 3.69. The van der Waals surface area contributed by atoms with Gasteiger partial charge in [-0.1, -0.05) is 56.7 Å². The first-order valence-electron chi connectivity index (χ1n) is 30.1. The van der Waals surface area contributed by atoms with E-state index in [2.05, 4.69) is 31.9 Å². The highest BCUT2D eigenvalue weighted by atomic mass is 16.7. The van der Waals surface area contributed by atoms with Gasteiger partial charge in [-0.2, -0.15) is 0 Å². The fourth-order valence-electron chi connectivity index (χ4n) is 11.3. The summed E-state index contributed by atoms with van der Waals surface area (Å²) in [6.07, 6.45) is -4.39. The molecule has 2 heterocycles. The number of imide groups is 1. The summed E-state index contributed by atoms with van der Waals surface area (Å²) in [7, 11) is 1.28. The lowest BCUT2D eigenvalue weighted by Crippen LogP contribution is -2.56. The molecule has 0 radical (unpaired) electrons. The standard InChI is InChI=1S/C64H74N8O21/c1-32(2)53(71-45(75)13-6-5-7-25-72-46(76)22-23-47(72)77)60(84)69-40(11-9-24-66-61(65)85)59(83)67-36-18-14-34(15-19-36)30-90-62(86)68-37-20-16-35(17-21-37)31-91-63(87)70-41-26-48(92-33(3)54(41)78)93-43-28-64(88,44(74)29-73)27-39-50(43)58(82)52-51(56(39)80)55(79)38-10-8-12-42(89-4)49(38)57(52)81/h8,10,12,14-23,32-33,40-41,43,48,53-54,73,78,80,82,88H,5-7,9,11,13,24-31H2,1-4H3,(H,67,83)(H,68,86)(H,69,84)(H,70,87)(H,71,75)(H3,65,66,85)/t33-,40+,41-,43+,48+,53+,54-,64+/m1/s1. The number of nitrogens with two attached hydrogens (primary N) is 1. The molecule has 29 nitrogen and oxygen atoms in total. The number of rotatable bonds is 27. The van der Waals surface area contributed by atoms with Crippen molar-refractivity contribution in [2.75, 3.05) is 37.4 Å². The number of aliphatic hydroxyl groups excluding tert-OH is 2. The van der Waals surface area contributed by atoms with Crippen LogP contribution in [0, 0.1) is 5.92 Å². The van der Waals surface area contributed by atoms with Gasteiger partial charge in [-0.25, -0.2) is 14.4 Å². The van der Waals surface area contributed by atoms with Crippen LogP contribution in [0.25, 0.3) is 0 Å². The van der Waals surface area contributed by atoms with Crippen molar-refractivity contribution in [3.8, 4) is 17.2 Å². The van der Waals surface area contributed by atoms with Crippen molar-refractivity contribution in [1.82, 2.24) is 26.2 Å². The van der Waals surface area contributed by atoms with Gasteiger partial charge in [0.2, 0.25) is 23.5 Å². The summed E-state index contributed by atoms with van der Waals surface area (Å²) in [5, 5.41) is 72.1. The van der Waals surface area contributed by atoms with Gasteiger partial charge in [0.25, 0.3) is 11.8 Å². The number of anilines is 2. The third kappa shape index (κ3) is 16.6. The Labute approximate surface area is 532 Å². The number of ether oxygens (including phenoxy) is 5. The maximum absolute atomic E-state index is 14.1. The summed E-state index contributed by atoms with van der Waals surface area (Å²) >= 11 is 0. The number of nitrogens with one attached hydrogen (secondary N) is 6. The molecule has 8 atom stereocenters. The number of carbonyl (C=O) groups excluding carboxylic acids is 11. The number of phenolic OH excluding ortho intramolecular Hbond substituents is 2. The Morgan fingerprint density at radius 2 is 1.41 bits per heavy atom. The number of amides is 9. The number of methoxy groups -OCH3 is 1. The second-order valence-corrected chi connectivity index (χ2v) is 23.2.